The van der Waals surface area contributed by atoms with Gasteiger partial charge >= 0.3 is 0 Å². The maximum absolute atomic E-state index is 13.9. The molecule has 216 valence electrons. The number of carbonyl (C=O) groups excluding carboxylic acids is 3. The molecule has 2 aromatic rings. The lowest BCUT2D eigenvalue weighted by Gasteiger charge is -2.32. The van der Waals surface area contributed by atoms with Crippen LogP contribution in [0.1, 0.15) is 37.7 Å². The van der Waals surface area contributed by atoms with Gasteiger partial charge in [0, 0.05) is 38.0 Å². The molecule has 11 heteroatoms. The number of benzene rings is 2. The Morgan fingerprint density at radius 1 is 1.12 bits per heavy atom. The first kappa shape index (κ1) is 30.4. The number of hydrogen-bond acceptors (Lipinski definition) is 7. The van der Waals surface area contributed by atoms with Gasteiger partial charge in [-0.1, -0.05) is 29.3 Å². The summed E-state index contributed by atoms with van der Waals surface area (Å²) in [6.45, 7) is 0.469. The molecule has 2 heterocycles. The van der Waals surface area contributed by atoms with Crippen LogP contribution in [-0.2, 0) is 20.8 Å². The molecular formula is C29H34Cl2FN3O5. The molecule has 2 aromatic carbocycles. The fourth-order valence-corrected chi connectivity index (χ4v) is 5.83. The molecule has 2 aliphatic heterocycles. The minimum Gasteiger partial charge on any atom is -0.492 e. The largest absolute Gasteiger partial charge is 0.492 e. The first-order valence-corrected chi connectivity index (χ1v) is 14.2. The number of hydrogen-bond donors (Lipinski definition) is 2. The average molecular weight is 595 g/mol. The predicted octanol–water partition coefficient (Wildman–Crippen LogP) is 3.43. The summed E-state index contributed by atoms with van der Waals surface area (Å²) in [5, 5.41) is 10.1. The zero-order chi connectivity index (χ0) is 28.8. The second kappa shape index (κ2) is 13.9. The standard InChI is InChI=1S/C29H34Cl2FN3O5/c30-24-8-1-18(13-25(24)31)2-10-28(38)26(9-5-22(37)16-36)34-12-11-21(17-40-23-6-3-19(32)4-7-23)35-15-20(33)14-27(35)29(34)39/h1,3-4,6-8,13,20-21,26-27,36H,2,5,9-12,14-17,33H2/t20-,21?,26-,27+/m1/s1. The van der Waals surface area contributed by atoms with Crippen molar-refractivity contribution in [1.29, 1.82) is 0 Å². The third-order valence-corrected chi connectivity index (χ3v) is 8.37. The first-order valence-electron chi connectivity index (χ1n) is 13.5. The third kappa shape index (κ3) is 7.59. The van der Waals surface area contributed by atoms with Crippen LogP contribution in [0.25, 0.3) is 0 Å². The van der Waals surface area contributed by atoms with Crippen LogP contribution in [-0.4, -0.2) is 82.9 Å². The Hall–Kier alpha value is -2.56. The predicted molar refractivity (Wildman–Crippen MR) is 150 cm³/mol. The molecule has 4 atom stereocenters. The summed E-state index contributed by atoms with van der Waals surface area (Å²) in [5.74, 6) is -0.587. The molecule has 8 nitrogen and oxygen atoms in total. The van der Waals surface area contributed by atoms with E-state index in [1.54, 1.807) is 35.2 Å². The zero-order valence-electron chi connectivity index (χ0n) is 22.1. The van der Waals surface area contributed by atoms with E-state index >= 15 is 0 Å². The van der Waals surface area contributed by atoms with Gasteiger partial charge in [-0.2, -0.15) is 0 Å². The monoisotopic (exact) mass is 593 g/mol. The van der Waals surface area contributed by atoms with Gasteiger partial charge in [0.1, 0.15) is 24.8 Å². The number of halogens is 3. The molecule has 1 unspecified atom stereocenters. The van der Waals surface area contributed by atoms with E-state index in [-0.39, 0.29) is 61.2 Å². The molecule has 0 aromatic heterocycles. The van der Waals surface area contributed by atoms with Gasteiger partial charge < -0.3 is 20.5 Å². The number of nitrogens with two attached hydrogens (primary N) is 1. The molecule has 2 fully saturated rings. The van der Waals surface area contributed by atoms with Crippen LogP contribution in [0, 0.1) is 5.82 Å². The van der Waals surface area contributed by atoms with Crippen LogP contribution in [0.5, 0.6) is 5.75 Å². The van der Waals surface area contributed by atoms with Crippen LogP contribution in [0.3, 0.4) is 0 Å². The van der Waals surface area contributed by atoms with E-state index in [0.717, 1.165) is 5.56 Å². The van der Waals surface area contributed by atoms with Crippen molar-refractivity contribution in [3.8, 4) is 5.75 Å². The van der Waals surface area contributed by atoms with Gasteiger partial charge in [-0.3, -0.25) is 19.3 Å². The second-order valence-corrected chi connectivity index (χ2v) is 11.2. The van der Waals surface area contributed by atoms with Gasteiger partial charge in [-0.15, -0.1) is 0 Å². The highest BCUT2D eigenvalue weighted by Gasteiger charge is 2.45. The lowest BCUT2D eigenvalue weighted by atomic mass is 9.96. The van der Waals surface area contributed by atoms with Crippen molar-refractivity contribution >= 4 is 40.7 Å². The normalized spacial score (nSPS) is 22.1. The number of amides is 1. The number of rotatable bonds is 12. The number of nitrogens with zero attached hydrogens (tertiary/aromatic N) is 2. The maximum Gasteiger partial charge on any atom is 0.240 e. The Labute approximate surface area is 243 Å². The van der Waals surface area contributed by atoms with Crippen LogP contribution in [0.15, 0.2) is 42.5 Å². The summed E-state index contributed by atoms with van der Waals surface area (Å²) >= 11 is 12.1. The molecule has 3 N–H and O–H groups in total. The van der Waals surface area contributed by atoms with E-state index in [1.807, 2.05) is 4.90 Å². The Morgan fingerprint density at radius 2 is 1.88 bits per heavy atom. The highest BCUT2D eigenvalue weighted by atomic mass is 35.5. The molecular weight excluding hydrogens is 560 g/mol. The number of ether oxygens (including phenoxy) is 1. The minimum absolute atomic E-state index is 0.0194. The number of aryl methyl sites for hydroxylation is 1. The van der Waals surface area contributed by atoms with Crippen LogP contribution in [0.2, 0.25) is 10.0 Å². The van der Waals surface area contributed by atoms with Gasteiger partial charge in [-0.25, -0.2) is 4.39 Å². The van der Waals surface area contributed by atoms with E-state index in [9.17, 15) is 23.9 Å². The van der Waals surface area contributed by atoms with Gasteiger partial charge in [-0.05, 0) is 67.6 Å². The molecule has 0 aliphatic carbocycles. The molecule has 4 rings (SSSR count). The minimum atomic E-state index is -0.818. The van der Waals surface area contributed by atoms with E-state index in [1.165, 1.54) is 12.1 Å². The topological polar surface area (TPSA) is 113 Å². The van der Waals surface area contributed by atoms with Crippen molar-refractivity contribution < 1.29 is 28.6 Å². The van der Waals surface area contributed by atoms with E-state index < -0.39 is 18.7 Å². The van der Waals surface area contributed by atoms with Crippen LogP contribution >= 0.6 is 23.2 Å². The fourth-order valence-electron chi connectivity index (χ4n) is 5.50. The maximum atomic E-state index is 13.9. The molecule has 2 aliphatic rings. The second-order valence-electron chi connectivity index (χ2n) is 10.4. The quantitative estimate of drug-likeness (QED) is 0.387. The fraction of sp³-hybridized carbons (Fsp3) is 0.483. The van der Waals surface area contributed by atoms with E-state index in [4.69, 9.17) is 33.7 Å². The molecule has 0 spiro atoms. The lowest BCUT2D eigenvalue weighted by Crippen LogP contribution is -2.51. The molecule has 0 bridgehead atoms. The van der Waals surface area contributed by atoms with Crippen molar-refractivity contribution in [2.75, 3.05) is 26.3 Å². The Balaban J connectivity index is 1.51. The highest BCUT2D eigenvalue weighted by Crippen LogP contribution is 2.30. The van der Waals surface area contributed by atoms with Gasteiger partial charge in [0.25, 0.3) is 0 Å². The smallest absolute Gasteiger partial charge is 0.240 e. The molecule has 2 saturated heterocycles. The van der Waals surface area contributed by atoms with Gasteiger partial charge in [0.05, 0.1) is 22.1 Å². The van der Waals surface area contributed by atoms with E-state index in [2.05, 4.69) is 0 Å². The number of fused-ring (bicyclic) bond motifs is 1. The Kier molecular flexibility index (Phi) is 10.5. The number of aliphatic hydroxyl groups excluding tert-OH is 1. The van der Waals surface area contributed by atoms with Crippen molar-refractivity contribution in [3.63, 3.8) is 0 Å². The molecule has 0 radical (unpaired) electrons. The SMILES string of the molecule is N[C@@H]1C[C@H]2C(=O)N([C@H](CCC(=O)CO)C(=O)CCc3ccc(Cl)c(Cl)c3)CCC(COc3ccc(F)cc3)N2C1. The van der Waals surface area contributed by atoms with Crippen molar-refractivity contribution in [3.05, 3.63) is 63.9 Å². The summed E-state index contributed by atoms with van der Waals surface area (Å²) in [6, 6.07) is 9.24. The molecule has 0 saturated carbocycles. The summed E-state index contributed by atoms with van der Waals surface area (Å²) in [5.41, 5.74) is 7.11. The summed E-state index contributed by atoms with van der Waals surface area (Å²) in [6.07, 6.45) is 1.62. The van der Waals surface area contributed by atoms with Crippen molar-refractivity contribution in [2.45, 2.75) is 62.7 Å². The summed E-state index contributed by atoms with van der Waals surface area (Å²) in [4.78, 5) is 43.1. The number of Topliss-reactive ketones (excluding diaryl/α,β-unsaturated/α-hetero) is 2. The van der Waals surface area contributed by atoms with Gasteiger partial charge in [0.15, 0.2) is 11.6 Å². The van der Waals surface area contributed by atoms with Crippen LogP contribution < -0.4 is 10.5 Å². The number of aliphatic hydroxyl groups is 1. The number of ketones is 2. The van der Waals surface area contributed by atoms with E-state index in [0.29, 0.717) is 48.1 Å². The third-order valence-electron chi connectivity index (χ3n) is 7.63. The first-order chi connectivity index (χ1) is 19.2. The van der Waals surface area contributed by atoms with Crippen LogP contribution in [0.4, 0.5) is 4.39 Å². The lowest BCUT2D eigenvalue weighted by molar-refractivity contribution is -0.142. The number of carbonyl (C=O) groups is 3. The van der Waals surface area contributed by atoms with Crippen molar-refractivity contribution in [2.24, 2.45) is 5.73 Å². The highest BCUT2D eigenvalue weighted by molar-refractivity contribution is 6.42. The van der Waals surface area contributed by atoms with Crippen molar-refractivity contribution in [1.82, 2.24) is 9.80 Å². The Morgan fingerprint density at radius 3 is 2.58 bits per heavy atom. The van der Waals surface area contributed by atoms with Gasteiger partial charge in [0.2, 0.25) is 5.91 Å². The zero-order valence-corrected chi connectivity index (χ0v) is 23.6. The summed E-state index contributed by atoms with van der Waals surface area (Å²) < 4.78 is 19.2. The summed E-state index contributed by atoms with van der Waals surface area (Å²) in [7, 11) is 0. The average Bonchev–Trinajstić information content (AvgIpc) is 3.28. The molecule has 1 amide bonds. The Bertz CT molecular complexity index is 1210. The molecule has 40 heavy (non-hydrogen) atoms.